The van der Waals surface area contributed by atoms with E-state index in [9.17, 15) is 4.39 Å². The molecule has 0 unspecified atom stereocenters. The Morgan fingerprint density at radius 1 is 1.50 bits per heavy atom. The van der Waals surface area contributed by atoms with E-state index < -0.39 is 11.7 Å². The van der Waals surface area contributed by atoms with Gasteiger partial charge in [0.25, 0.3) is 0 Å². The highest BCUT2D eigenvalue weighted by Crippen LogP contribution is 2.28. The first-order valence-electron chi connectivity index (χ1n) is 3.55. The van der Waals surface area contributed by atoms with Crippen molar-refractivity contribution in [2.75, 3.05) is 0 Å². The quantitative estimate of drug-likeness (QED) is 0.533. The van der Waals surface area contributed by atoms with Gasteiger partial charge in [-0.3, -0.25) is 4.99 Å². The molecule has 58 valence electrons. The maximum absolute atomic E-state index is 13.3. The molecule has 2 aliphatic rings. The predicted octanol–water partition coefficient (Wildman–Crippen LogP) is 1.89. The van der Waals surface area contributed by atoms with Gasteiger partial charge in [0.2, 0.25) is 0 Å². The van der Waals surface area contributed by atoms with Crippen LogP contribution in [0.25, 0.3) is 0 Å². The van der Waals surface area contributed by atoms with Gasteiger partial charge in [-0.1, -0.05) is 6.08 Å². The summed E-state index contributed by atoms with van der Waals surface area (Å²) in [6.45, 7) is 0. The molecule has 2 rings (SSSR count). The Morgan fingerprint density at radius 3 is 3.08 bits per heavy atom. The number of allylic oxidation sites excluding steroid dienone is 5. The SMILES string of the molecule is N#CC1=C(F)[C@@H]2C=CN=C2C=C1. The summed E-state index contributed by atoms with van der Waals surface area (Å²) in [6, 6.07) is 1.80. The fraction of sp³-hybridized carbons (Fsp3) is 0.111. The van der Waals surface area contributed by atoms with Crippen molar-refractivity contribution in [1.29, 1.82) is 5.26 Å². The number of hydrogen-bond acceptors (Lipinski definition) is 2. The standard InChI is InChI=1S/C9H5FN2/c10-9-6(5-11)1-2-8-7(9)3-4-12-8/h1-4,7H/t7-/m1/s1. The van der Waals surface area contributed by atoms with Crippen LogP contribution in [0, 0.1) is 17.2 Å². The van der Waals surface area contributed by atoms with Gasteiger partial charge < -0.3 is 0 Å². The average molecular weight is 160 g/mol. The van der Waals surface area contributed by atoms with Crippen LogP contribution in [0.5, 0.6) is 0 Å². The molecule has 1 atom stereocenters. The predicted molar refractivity (Wildman–Crippen MR) is 43.0 cm³/mol. The van der Waals surface area contributed by atoms with Crippen molar-refractivity contribution in [3.05, 3.63) is 35.8 Å². The molecule has 0 amide bonds. The van der Waals surface area contributed by atoms with Gasteiger partial charge in [-0.05, 0) is 12.2 Å². The maximum Gasteiger partial charge on any atom is 0.131 e. The molecule has 0 fully saturated rings. The van der Waals surface area contributed by atoms with E-state index in [2.05, 4.69) is 4.99 Å². The molecule has 12 heavy (non-hydrogen) atoms. The van der Waals surface area contributed by atoms with Gasteiger partial charge in [-0.2, -0.15) is 5.26 Å². The third-order valence-corrected chi connectivity index (χ3v) is 1.89. The van der Waals surface area contributed by atoms with Crippen molar-refractivity contribution >= 4 is 5.71 Å². The molecule has 1 aliphatic heterocycles. The van der Waals surface area contributed by atoms with Crippen LogP contribution in [0.4, 0.5) is 4.39 Å². The van der Waals surface area contributed by atoms with Crippen molar-refractivity contribution in [3.8, 4) is 6.07 Å². The minimum absolute atomic E-state index is 0.102. The lowest BCUT2D eigenvalue weighted by atomic mass is 9.94. The van der Waals surface area contributed by atoms with Crippen LogP contribution in [-0.2, 0) is 0 Å². The molecule has 3 heteroatoms. The van der Waals surface area contributed by atoms with E-state index in [0.717, 1.165) is 0 Å². The molecule has 0 spiro atoms. The van der Waals surface area contributed by atoms with E-state index >= 15 is 0 Å². The number of nitrogens with zero attached hydrogens (tertiary/aromatic N) is 2. The first-order valence-corrected chi connectivity index (χ1v) is 3.55. The molecular weight excluding hydrogens is 155 g/mol. The first-order chi connectivity index (χ1) is 5.83. The first kappa shape index (κ1) is 6.99. The number of hydrogen-bond donors (Lipinski definition) is 0. The summed E-state index contributed by atoms with van der Waals surface area (Å²) < 4.78 is 13.3. The number of nitriles is 1. The van der Waals surface area contributed by atoms with Crippen molar-refractivity contribution < 1.29 is 4.39 Å². The highest BCUT2D eigenvalue weighted by Gasteiger charge is 2.25. The van der Waals surface area contributed by atoms with Gasteiger partial charge in [-0.15, -0.1) is 0 Å². The lowest BCUT2D eigenvalue weighted by molar-refractivity contribution is 0.580. The van der Waals surface area contributed by atoms with Crippen molar-refractivity contribution in [3.63, 3.8) is 0 Å². The summed E-state index contributed by atoms with van der Waals surface area (Å²) >= 11 is 0. The lowest BCUT2D eigenvalue weighted by Crippen LogP contribution is -2.12. The van der Waals surface area contributed by atoms with Gasteiger partial charge in [-0.25, -0.2) is 4.39 Å². The number of aliphatic imine (C=N–C) groups is 1. The molecule has 2 nitrogen and oxygen atoms in total. The molecule has 0 bridgehead atoms. The van der Waals surface area contributed by atoms with Gasteiger partial charge in [0.05, 0.1) is 17.2 Å². The van der Waals surface area contributed by atoms with Crippen LogP contribution >= 0.6 is 0 Å². The third-order valence-electron chi connectivity index (χ3n) is 1.89. The van der Waals surface area contributed by atoms with Gasteiger partial charge in [0.15, 0.2) is 0 Å². The largest absolute Gasteiger partial charge is 0.261 e. The second-order valence-corrected chi connectivity index (χ2v) is 2.58. The van der Waals surface area contributed by atoms with E-state index in [1.54, 1.807) is 24.4 Å². The molecule has 0 N–H and O–H groups in total. The lowest BCUT2D eigenvalue weighted by Gasteiger charge is -2.11. The Labute approximate surface area is 69.0 Å². The van der Waals surface area contributed by atoms with Gasteiger partial charge >= 0.3 is 0 Å². The van der Waals surface area contributed by atoms with Crippen LogP contribution in [0.2, 0.25) is 0 Å². The molecule has 0 aromatic carbocycles. The zero-order valence-electron chi connectivity index (χ0n) is 6.16. The van der Waals surface area contributed by atoms with Crippen LogP contribution in [0.1, 0.15) is 0 Å². The van der Waals surface area contributed by atoms with Crippen molar-refractivity contribution in [1.82, 2.24) is 0 Å². The van der Waals surface area contributed by atoms with Gasteiger partial charge in [0, 0.05) is 6.20 Å². The monoisotopic (exact) mass is 160 g/mol. The summed E-state index contributed by atoms with van der Waals surface area (Å²) in [4.78, 5) is 3.94. The Bertz CT molecular complexity index is 380. The Hall–Kier alpha value is -1.69. The number of fused-ring (bicyclic) bond motifs is 1. The van der Waals surface area contributed by atoms with Crippen molar-refractivity contribution in [2.45, 2.75) is 0 Å². The molecule has 0 saturated heterocycles. The summed E-state index contributed by atoms with van der Waals surface area (Å²) in [5, 5.41) is 8.52. The fourth-order valence-corrected chi connectivity index (χ4v) is 1.26. The maximum atomic E-state index is 13.3. The van der Waals surface area contributed by atoms with Crippen molar-refractivity contribution in [2.24, 2.45) is 10.9 Å². The van der Waals surface area contributed by atoms with Gasteiger partial charge in [0.1, 0.15) is 11.9 Å². The molecule has 0 radical (unpaired) electrons. The molecule has 1 heterocycles. The van der Waals surface area contributed by atoms with E-state index in [-0.39, 0.29) is 5.57 Å². The Morgan fingerprint density at radius 2 is 2.33 bits per heavy atom. The van der Waals surface area contributed by atoms with E-state index in [1.165, 1.54) is 6.08 Å². The smallest absolute Gasteiger partial charge is 0.131 e. The fourth-order valence-electron chi connectivity index (χ4n) is 1.26. The molecule has 1 aliphatic carbocycles. The summed E-state index contributed by atoms with van der Waals surface area (Å²) in [6.07, 6.45) is 6.33. The number of halogens is 1. The minimum atomic E-state index is -0.412. The summed E-state index contributed by atoms with van der Waals surface area (Å²) in [5.41, 5.74) is 0.775. The van der Waals surface area contributed by atoms with E-state index in [1.807, 2.05) is 0 Å². The van der Waals surface area contributed by atoms with Crippen LogP contribution in [0.15, 0.2) is 40.8 Å². The Kier molecular flexibility index (Phi) is 1.41. The molecule has 0 aromatic rings. The highest BCUT2D eigenvalue weighted by atomic mass is 19.1. The second kappa shape index (κ2) is 2.42. The normalized spacial score (nSPS) is 25.3. The number of rotatable bonds is 0. The second-order valence-electron chi connectivity index (χ2n) is 2.58. The van der Waals surface area contributed by atoms with Crippen LogP contribution in [-0.4, -0.2) is 5.71 Å². The Balaban J connectivity index is 2.49. The summed E-state index contributed by atoms with van der Waals surface area (Å²) in [5.74, 6) is -0.808. The third kappa shape index (κ3) is 0.817. The van der Waals surface area contributed by atoms with Crippen LogP contribution < -0.4 is 0 Å². The van der Waals surface area contributed by atoms with Crippen LogP contribution in [0.3, 0.4) is 0 Å². The summed E-state index contributed by atoms with van der Waals surface area (Å²) in [7, 11) is 0. The zero-order chi connectivity index (χ0) is 8.55. The minimum Gasteiger partial charge on any atom is -0.261 e. The highest BCUT2D eigenvalue weighted by molar-refractivity contribution is 6.03. The average Bonchev–Trinajstić information content (AvgIpc) is 2.53. The zero-order valence-corrected chi connectivity index (χ0v) is 6.16. The van der Waals surface area contributed by atoms with E-state index in [4.69, 9.17) is 5.26 Å². The topological polar surface area (TPSA) is 36.1 Å². The molecule has 0 saturated carbocycles. The van der Waals surface area contributed by atoms with E-state index in [0.29, 0.717) is 5.71 Å². The molecule has 0 aromatic heterocycles. The molecular formula is C9H5FN2.